The van der Waals surface area contributed by atoms with E-state index in [-0.39, 0.29) is 12.4 Å². The van der Waals surface area contributed by atoms with Gasteiger partial charge in [-0.3, -0.25) is 9.48 Å². The first-order valence-corrected chi connectivity index (χ1v) is 6.15. The monoisotopic (exact) mass is 270 g/mol. The number of carbonyl (C=O) groups is 1. The molecule has 0 spiro atoms. The lowest BCUT2D eigenvalue weighted by atomic mass is 10.2. The molecule has 0 aromatic carbocycles. The van der Waals surface area contributed by atoms with E-state index in [0.29, 0.717) is 31.1 Å². The molecule has 7 heteroatoms. The summed E-state index contributed by atoms with van der Waals surface area (Å²) in [5.41, 5.74) is 5.76. The summed E-state index contributed by atoms with van der Waals surface area (Å²) in [7, 11) is 5.45. The van der Waals surface area contributed by atoms with Crippen LogP contribution in [0.2, 0.25) is 0 Å². The normalized spacial score (nSPS) is 11.0. The minimum atomic E-state index is -0.151. The number of carbonyl (C=O) groups excluding carboxylic acids is 1. The van der Waals surface area contributed by atoms with Crippen LogP contribution in [0, 0.1) is 0 Å². The van der Waals surface area contributed by atoms with Gasteiger partial charge in [0.05, 0.1) is 26.5 Å². The van der Waals surface area contributed by atoms with Crippen molar-refractivity contribution in [2.24, 2.45) is 5.73 Å². The van der Waals surface area contributed by atoms with Crippen LogP contribution in [0.5, 0.6) is 5.75 Å². The number of methoxy groups -OCH3 is 1. The first-order valence-electron chi connectivity index (χ1n) is 6.15. The zero-order chi connectivity index (χ0) is 14.3. The van der Waals surface area contributed by atoms with Gasteiger partial charge in [0.25, 0.3) is 0 Å². The molecule has 7 nitrogen and oxygen atoms in total. The molecule has 0 unspecified atom stereocenters. The maximum Gasteiger partial charge on any atom is 0.210 e. The van der Waals surface area contributed by atoms with Crippen molar-refractivity contribution in [3.63, 3.8) is 0 Å². The number of ether oxygens (including phenoxy) is 2. The van der Waals surface area contributed by atoms with Crippen LogP contribution in [0.1, 0.15) is 10.5 Å². The molecular weight excluding hydrogens is 248 g/mol. The topological polar surface area (TPSA) is 82.6 Å². The van der Waals surface area contributed by atoms with Gasteiger partial charge in [0, 0.05) is 13.1 Å². The Bertz CT molecular complexity index is 404. The number of rotatable bonds is 9. The van der Waals surface area contributed by atoms with E-state index in [2.05, 4.69) is 5.10 Å². The van der Waals surface area contributed by atoms with E-state index in [1.807, 2.05) is 19.0 Å². The van der Waals surface area contributed by atoms with Crippen LogP contribution in [-0.4, -0.2) is 68.0 Å². The Morgan fingerprint density at radius 2 is 2.26 bits per heavy atom. The van der Waals surface area contributed by atoms with Crippen molar-refractivity contribution in [1.82, 2.24) is 14.7 Å². The fourth-order valence-electron chi connectivity index (χ4n) is 1.58. The molecule has 108 valence electrons. The van der Waals surface area contributed by atoms with Gasteiger partial charge in [-0.15, -0.1) is 0 Å². The van der Waals surface area contributed by atoms with Crippen LogP contribution >= 0.6 is 0 Å². The second kappa shape index (κ2) is 7.88. The Hall–Kier alpha value is -1.44. The lowest BCUT2D eigenvalue weighted by Crippen LogP contribution is -2.23. The van der Waals surface area contributed by atoms with Crippen LogP contribution < -0.4 is 10.5 Å². The van der Waals surface area contributed by atoms with Gasteiger partial charge >= 0.3 is 0 Å². The minimum Gasteiger partial charge on any atom is -0.493 e. The fraction of sp³-hybridized carbons (Fsp3) is 0.667. The molecule has 1 heterocycles. The number of nitrogens with zero attached hydrogens (tertiary/aromatic N) is 3. The molecule has 0 atom stereocenters. The number of aromatic nitrogens is 2. The van der Waals surface area contributed by atoms with Gasteiger partial charge < -0.3 is 20.1 Å². The summed E-state index contributed by atoms with van der Waals surface area (Å²) in [6.45, 7) is 2.15. The molecule has 0 bridgehead atoms. The predicted molar refractivity (Wildman–Crippen MR) is 71.5 cm³/mol. The first-order chi connectivity index (χ1) is 9.10. The van der Waals surface area contributed by atoms with Crippen molar-refractivity contribution in [3.8, 4) is 5.75 Å². The standard InChI is InChI=1S/C12H22N4O3/c1-15(2)5-6-16-12(11(18-3)8-14-16)10(17)9-19-7-4-13/h8H,4-7,9,13H2,1-3H3. The molecule has 1 aromatic rings. The number of hydrogen-bond donors (Lipinski definition) is 1. The van der Waals surface area contributed by atoms with E-state index >= 15 is 0 Å². The highest BCUT2D eigenvalue weighted by molar-refractivity contribution is 5.98. The molecule has 1 aromatic heterocycles. The Balaban J connectivity index is 2.77. The van der Waals surface area contributed by atoms with Gasteiger partial charge in [-0.2, -0.15) is 5.10 Å². The van der Waals surface area contributed by atoms with Crippen LogP contribution in [0.25, 0.3) is 0 Å². The summed E-state index contributed by atoms with van der Waals surface area (Å²) in [5, 5.41) is 4.17. The van der Waals surface area contributed by atoms with Gasteiger partial charge in [0.15, 0.2) is 5.75 Å². The first kappa shape index (κ1) is 15.6. The van der Waals surface area contributed by atoms with Crippen LogP contribution in [0.4, 0.5) is 0 Å². The summed E-state index contributed by atoms with van der Waals surface area (Å²) < 4.78 is 12.0. The van der Waals surface area contributed by atoms with Gasteiger partial charge in [0.2, 0.25) is 5.78 Å². The number of Topliss-reactive ketones (excluding diaryl/α,β-unsaturated/α-hetero) is 1. The maximum absolute atomic E-state index is 12.1. The van der Waals surface area contributed by atoms with Crippen LogP contribution in [0.3, 0.4) is 0 Å². The average molecular weight is 270 g/mol. The Kier molecular flexibility index (Phi) is 6.48. The quantitative estimate of drug-likeness (QED) is 0.486. The summed E-state index contributed by atoms with van der Waals surface area (Å²) in [5.74, 6) is 0.321. The van der Waals surface area contributed by atoms with Gasteiger partial charge in [-0.25, -0.2) is 0 Å². The Labute approximate surface area is 113 Å². The number of nitrogens with two attached hydrogens (primary N) is 1. The third kappa shape index (κ3) is 4.62. The van der Waals surface area contributed by atoms with Crippen LogP contribution in [0.15, 0.2) is 6.20 Å². The third-order valence-corrected chi connectivity index (χ3v) is 2.54. The molecule has 0 radical (unpaired) electrons. The molecule has 0 aliphatic carbocycles. The van der Waals surface area contributed by atoms with E-state index in [1.54, 1.807) is 10.9 Å². The molecule has 19 heavy (non-hydrogen) atoms. The van der Waals surface area contributed by atoms with E-state index in [9.17, 15) is 4.79 Å². The zero-order valence-electron chi connectivity index (χ0n) is 11.8. The molecule has 0 saturated heterocycles. The highest BCUT2D eigenvalue weighted by atomic mass is 16.5. The highest BCUT2D eigenvalue weighted by Crippen LogP contribution is 2.18. The van der Waals surface area contributed by atoms with E-state index in [4.69, 9.17) is 15.2 Å². The third-order valence-electron chi connectivity index (χ3n) is 2.54. The lowest BCUT2D eigenvalue weighted by molar-refractivity contribution is 0.0759. The van der Waals surface area contributed by atoms with E-state index in [1.165, 1.54) is 7.11 Å². The molecule has 0 fully saturated rings. The zero-order valence-corrected chi connectivity index (χ0v) is 11.8. The number of likely N-dealkylation sites (N-methyl/N-ethyl adjacent to an activating group) is 1. The van der Waals surface area contributed by atoms with Gasteiger partial charge in [0.1, 0.15) is 12.3 Å². The molecular formula is C12H22N4O3. The smallest absolute Gasteiger partial charge is 0.210 e. The average Bonchev–Trinajstić information content (AvgIpc) is 2.79. The predicted octanol–water partition coefficient (Wildman–Crippen LogP) is -0.389. The Morgan fingerprint density at radius 1 is 1.53 bits per heavy atom. The van der Waals surface area contributed by atoms with Crippen molar-refractivity contribution in [3.05, 3.63) is 11.9 Å². The SMILES string of the molecule is COc1cnn(CCN(C)C)c1C(=O)COCCN. The lowest BCUT2D eigenvalue weighted by Gasteiger charge is -2.12. The second-order valence-corrected chi connectivity index (χ2v) is 4.35. The van der Waals surface area contributed by atoms with Crippen molar-refractivity contribution in [2.45, 2.75) is 6.54 Å². The molecule has 0 aliphatic rings. The van der Waals surface area contributed by atoms with E-state index in [0.717, 1.165) is 6.54 Å². The molecule has 0 amide bonds. The molecule has 1 rings (SSSR count). The second-order valence-electron chi connectivity index (χ2n) is 4.35. The number of hydrogen-bond acceptors (Lipinski definition) is 6. The molecule has 0 saturated carbocycles. The van der Waals surface area contributed by atoms with Crippen molar-refractivity contribution in [2.75, 3.05) is 47.5 Å². The van der Waals surface area contributed by atoms with Gasteiger partial charge in [-0.05, 0) is 14.1 Å². The van der Waals surface area contributed by atoms with Crippen molar-refractivity contribution >= 4 is 5.78 Å². The summed E-state index contributed by atoms with van der Waals surface area (Å²) in [6.07, 6.45) is 1.55. The van der Waals surface area contributed by atoms with Crippen LogP contribution in [-0.2, 0) is 11.3 Å². The summed E-state index contributed by atoms with van der Waals surface area (Å²) >= 11 is 0. The summed E-state index contributed by atoms with van der Waals surface area (Å²) in [6, 6.07) is 0. The van der Waals surface area contributed by atoms with E-state index < -0.39 is 0 Å². The number of ketones is 1. The maximum atomic E-state index is 12.1. The highest BCUT2D eigenvalue weighted by Gasteiger charge is 2.19. The Morgan fingerprint density at radius 3 is 2.84 bits per heavy atom. The molecule has 0 aliphatic heterocycles. The van der Waals surface area contributed by atoms with Crippen molar-refractivity contribution < 1.29 is 14.3 Å². The molecule has 2 N–H and O–H groups in total. The summed E-state index contributed by atoms with van der Waals surface area (Å²) in [4.78, 5) is 14.1. The fourth-order valence-corrected chi connectivity index (χ4v) is 1.58. The largest absolute Gasteiger partial charge is 0.493 e. The van der Waals surface area contributed by atoms with Gasteiger partial charge in [-0.1, -0.05) is 0 Å². The minimum absolute atomic E-state index is 0.0127. The van der Waals surface area contributed by atoms with Crippen molar-refractivity contribution in [1.29, 1.82) is 0 Å².